The molecule has 0 unspecified atom stereocenters. The summed E-state index contributed by atoms with van der Waals surface area (Å²) in [5.41, 5.74) is 0.216. The van der Waals surface area contributed by atoms with E-state index in [0.29, 0.717) is 0 Å². The second kappa shape index (κ2) is 14.2. The monoisotopic (exact) mass is 461 g/mol. The zero-order chi connectivity index (χ0) is 15.4. The molecule has 127 valence electrons. The zero-order valence-electron chi connectivity index (χ0n) is 15.4. The van der Waals surface area contributed by atoms with Crippen LogP contribution in [0.25, 0.3) is 0 Å². The Kier molecular flexibility index (Phi) is 16.0. The van der Waals surface area contributed by atoms with Crippen LogP contribution in [0.3, 0.4) is 0 Å². The molecule has 0 amide bonds. The summed E-state index contributed by atoms with van der Waals surface area (Å²) in [6.45, 7) is 11.0. The third-order valence-electron chi connectivity index (χ3n) is 3.75. The average Bonchev–Trinajstić information content (AvgIpc) is 2.41. The van der Waals surface area contributed by atoms with Gasteiger partial charge in [-0.05, 0) is 11.8 Å². The molecule has 0 aromatic rings. The topological polar surface area (TPSA) is 12.4 Å². The molecule has 2 heteroatoms. The first-order chi connectivity index (χ1) is 9.35. The van der Waals surface area contributed by atoms with Crippen LogP contribution in [0, 0.1) is 32.1 Å². The van der Waals surface area contributed by atoms with Gasteiger partial charge in [-0.2, -0.15) is 25.7 Å². The van der Waals surface area contributed by atoms with E-state index in [2.05, 4.69) is 50.8 Å². The van der Waals surface area contributed by atoms with Gasteiger partial charge in [0.25, 0.3) is 0 Å². The van der Waals surface area contributed by atoms with Crippen molar-refractivity contribution in [3.05, 3.63) is 20.3 Å². The van der Waals surface area contributed by atoms with E-state index in [4.69, 9.17) is 0 Å². The number of rotatable bonds is 0. The Morgan fingerprint density at radius 3 is 1.14 bits per heavy atom. The number of hydrogen-bond donors (Lipinski definition) is 0. The summed E-state index contributed by atoms with van der Waals surface area (Å²) in [7, 11) is 0. The molecule has 0 aromatic carbocycles. The molecule has 0 heterocycles. The molecule has 0 spiro atoms. The Morgan fingerprint density at radius 1 is 0.810 bits per heavy atom. The molecule has 0 bridgehead atoms. The molecule has 21 heavy (non-hydrogen) atoms. The van der Waals surface area contributed by atoms with E-state index in [0.717, 1.165) is 32.7 Å². The molecule has 0 aromatic heterocycles. The standard InChI is InChI=1S/2C7H13.C4H9N.CH3.Ta/c2*1-7-5-3-2-4-6-7;1-4(2,3)5;;/h2*2,7H,3-6H2,1H3;1-3H3;1H3;/q2*-1;;-1;. The molecule has 2 rings (SSSR count). The van der Waals surface area contributed by atoms with E-state index in [9.17, 15) is 0 Å². The summed E-state index contributed by atoms with van der Waals surface area (Å²) in [6, 6.07) is 0. The first-order valence-corrected chi connectivity index (χ1v) is 9.78. The fourth-order valence-corrected chi connectivity index (χ4v) is 2.19. The van der Waals surface area contributed by atoms with Crippen molar-refractivity contribution in [2.75, 3.05) is 0 Å². The van der Waals surface area contributed by atoms with Gasteiger partial charge in [0.15, 0.2) is 0 Å². The van der Waals surface area contributed by atoms with Gasteiger partial charge in [0.05, 0.1) is 0 Å². The summed E-state index contributed by atoms with van der Waals surface area (Å²) >= 11 is 1.15. The molecule has 0 N–H and O–H groups in total. The van der Waals surface area contributed by atoms with Gasteiger partial charge in [-0.15, -0.1) is 0 Å². The Balaban J connectivity index is 0. The van der Waals surface area contributed by atoms with Gasteiger partial charge in [0, 0.05) is 0 Å². The fraction of sp³-hybridized carbons (Fsp3) is 0.842. The van der Waals surface area contributed by atoms with Gasteiger partial charge in [-0.25, -0.2) is 0 Å². The smallest absolute Gasteiger partial charge is 0.0491 e. The van der Waals surface area contributed by atoms with E-state index >= 15 is 0 Å². The van der Waals surface area contributed by atoms with E-state index in [1.165, 1.54) is 51.4 Å². The molecule has 2 saturated carbocycles. The van der Waals surface area contributed by atoms with Crippen molar-refractivity contribution in [1.29, 1.82) is 0 Å². The second-order valence-electron chi connectivity index (χ2n) is 7.37. The summed E-state index contributed by atoms with van der Waals surface area (Å²) in [6.07, 6.45) is 16.0. The first-order valence-electron chi connectivity index (χ1n) is 8.34. The van der Waals surface area contributed by atoms with Gasteiger partial charge < -0.3 is 20.3 Å². The molecule has 0 saturated heterocycles. The Bertz CT molecular complexity index is 204. The predicted octanol–water partition coefficient (Wildman–Crippen LogP) is 6.77. The predicted molar refractivity (Wildman–Crippen MR) is 92.5 cm³/mol. The quantitative estimate of drug-likeness (QED) is 0.353. The molecule has 1 nitrogen and oxygen atoms in total. The molecule has 2 aliphatic rings. The van der Waals surface area contributed by atoms with Crippen molar-refractivity contribution in [3.63, 3.8) is 0 Å². The van der Waals surface area contributed by atoms with Gasteiger partial charge in [-0.1, -0.05) is 39.5 Å². The van der Waals surface area contributed by atoms with Crippen LogP contribution in [-0.2, 0) is 20.9 Å². The van der Waals surface area contributed by atoms with E-state index in [1.54, 1.807) is 0 Å². The molecule has 2 aliphatic carbocycles. The third-order valence-corrected chi connectivity index (χ3v) is 5.91. The molecule has 0 radical (unpaired) electrons. The van der Waals surface area contributed by atoms with Crippen LogP contribution in [0.4, 0.5) is 0 Å². The molecular formula is C19H38NTa-3. The van der Waals surface area contributed by atoms with Gasteiger partial charge in [0.2, 0.25) is 0 Å². The van der Waals surface area contributed by atoms with Crippen LogP contribution in [0.1, 0.15) is 86.0 Å². The van der Waals surface area contributed by atoms with Crippen LogP contribution in [0.15, 0.2) is 3.34 Å². The Morgan fingerprint density at radius 2 is 1.05 bits per heavy atom. The minimum absolute atomic E-state index is 0. The van der Waals surface area contributed by atoms with Gasteiger partial charge >= 0.3 is 50.5 Å². The normalized spacial score (nSPS) is 20.0. The van der Waals surface area contributed by atoms with Crippen molar-refractivity contribution in [3.8, 4) is 0 Å². The first kappa shape index (κ1) is 23.8. The van der Waals surface area contributed by atoms with E-state index < -0.39 is 0 Å². The second-order valence-corrected chi connectivity index (χ2v) is 8.09. The van der Waals surface area contributed by atoms with E-state index in [-0.39, 0.29) is 13.0 Å². The largest absolute Gasteiger partial charge is 0.358 e. The molecular weight excluding hydrogens is 423 g/mol. The molecule has 0 aliphatic heterocycles. The Labute approximate surface area is 147 Å². The van der Waals surface area contributed by atoms with E-state index in [1.807, 2.05) is 0 Å². The van der Waals surface area contributed by atoms with Gasteiger partial charge in [0.1, 0.15) is 0 Å². The van der Waals surface area contributed by atoms with Gasteiger partial charge in [-0.3, -0.25) is 0 Å². The molecule has 2 fully saturated rings. The number of hydrogen-bond acceptors (Lipinski definition) is 1. The minimum atomic E-state index is 0. The maximum atomic E-state index is 4.13. The maximum Gasteiger partial charge on any atom is -0.0491 e. The SMILES string of the molecule is CC(C)(C)[N]=[Ta].CC1CC[CH-]CC1.CC1CC[CH-]CC1.[CH3-]. The van der Waals surface area contributed by atoms with Crippen molar-refractivity contribution in [2.24, 2.45) is 15.2 Å². The van der Waals surface area contributed by atoms with Crippen LogP contribution >= 0.6 is 0 Å². The zero-order valence-corrected chi connectivity index (χ0v) is 18.6. The van der Waals surface area contributed by atoms with Crippen LogP contribution in [0.5, 0.6) is 0 Å². The van der Waals surface area contributed by atoms with Crippen LogP contribution < -0.4 is 0 Å². The average molecular weight is 461 g/mol. The minimum Gasteiger partial charge on any atom is -0.358 e. The maximum absolute atomic E-state index is 4.13. The number of nitrogens with zero attached hydrogens (tertiary/aromatic N) is 1. The Hall–Kier alpha value is 0.540. The third kappa shape index (κ3) is 18.5. The van der Waals surface area contributed by atoms with Crippen molar-refractivity contribution in [2.45, 2.75) is 91.5 Å². The fourth-order valence-electron chi connectivity index (χ4n) is 2.19. The summed E-state index contributed by atoms with van der Waals surface area (Å²) in [5, 5.41) is 0. The summed E-state index contributed by atoms with van der Waals surface area (Å²) < 4.78 is 4.13. The summed E-state index contributed by atoms with van der Waals surface area (Å²) in [5.74, 6) is 2.01. The molecule has 0 atom stereocenters. The summed E-state index contributed by atoms with van der Waals surface area (Å²) in [4.78, 5) is 0. The van der Waals surface area contributed by atoms with Crippen LogP contribution in [-0.4, -0.2) is 5.54 Å². The van der Waals surface area contributed by atoms with Crippen molar-refractivity contribution < 1.29 is 20.9 Å². The van der Waals surface area contributed by atoms with Crippen LogP contribution in [0.2, 0.25) is 0 Å². The van der Waals surface area contributed by atoms with Crippen molar-refractivity contribution in [1.82, 2.24) is 0 Å². The van der Waals surface area contributed by atoms with Crippen molar-refractivity contribution >= 4 is 0 Å².